The van der Waals surface area contributed by atoms with Crippen LogP contribution in [-0.2, 0) is 4.79 Å². The van der Waals surface area contributed by atoms with Crippen LogP contribution >= 0.6 is 0 Å². The molecule has 106 valence electrons. The highest BCUT2D eigenvalue weighted by atomic mass is 16.5. The second kappa shape index (κ2) is 6.57. The quantitative estimate of drug-likeness (QED) is 0.857. The lowest BCUT2D eigenvalue weighted by Gasteiger charge is -2.21. The first-order chi connectivity index (χ1) is 8.81. The number of benzene rings is 1. The monoisotopic (exact) mass is 264 g/mol. The molecule has 0 unspecified atom stereocenters. The average Bonchev–Trinajstić information content (AvgIpc) is 2.35. The summed E-state index contributed by atoms with van der Waals surface area (Å²) in [7, 11) is 1.63. The topological polar surface area (TPSA) is 50.4 Å². The molecule has 0 fully saturated rings. The molecule has 19 heavy (non-hydrogen) atoms. The van der Waals surface area contributed by atoms with Crippen molar-refractivity contribution in [3.8, 4) is 5.75 Å². The van der Waals surface area contributed by atoms with E-state index in [4.69, 9.17) is 4.74 Å². The van der Waals surface area contributed by atoms with Gasteiger partial charge in [-0.25, -0.2) is 0 Å². The Labute approximate surface area is 115 Å². The fourth-order valence-electron chi connectivity index (χ4n) is 1.63. The zero-order valence-corrected chi connectivity index (χ0v) is 12.4. The summed E-state index contributed by atoms with van der Waals surface area (Å²) in [5.41, 5.74) is 0.972. The summed E-state index contributed by atoms with van der Waals surface area (Å²) in [6.45, 7) is 8.38. The first-order valence-corrected chi connectivity index (χ1v) is 6.50. The normalized spacial score (nSPS) is 12.9. The number of amides is 1. The van der Waals surface area contributed by atoms with Gasteiger partial charge in [0.25, 0.3) is 0 Å². The molecule has 1 atom stereocenters. The predicted octanol–water partition coefficient (Wildman–Crippen LogP) is 2.26. The molecule has 0 bridgehead atoms. The minimum atomic E-state index is -0.0590. The SMILES string of the molecule is COc1cccc([C@H](C)NC(=O)CNC(C)(C)C)c1. The lowest BCUT2D eigenvalue weighted by Crippen LogP contribution is -2.43. The molecule has 0 heterocycles. The molecule has 0 aromatic heterocycles. The summed E-state index contributed by atoms with van der Waals surface area (Å²) in [4.78, 5) is 11.8. The molecule has 0 saturated carbocycles. The van der Waals surface area contributed by atoms with Crippen molar-refractivity contribution in [1.29, 1.82) is 0 Å². The van der Waals surface area contributed by atoms with Crippen molar-refractivity contribution >= 4 is 5.91 Å². The molecule has 0 aliphatic carbocycles. The summed E-state index contributed by atoms with van der Waals surface area (Å²) in [5, 5.41) is 6.13. The van der Waals surface area contributed by atoms with E-state index in [0.717, 1.165) is 11.3 Å². The lowest BCUT2D eigenvalue weighted by atomic mass is 10.1. The first kappa shape index (κ1) is 15.5. The zero-order valence-electron chi connectivity index (χ0n) is 12.4. The maximum absolute atomic E-state index is 11.8. The van der Waals surface area contributed by atoms with E-state index in [-0.39, 0.29) is 17.5 Å². The second-order valence-electron chi connectivity index (χ2n) is 5.67. The molecule has 4 heteroatoms. The Bertz CT molecular complexity index is 424. The molecule has 0 aliphatic heterocycles. The van der Waals surface area contributed by atoms with Gasteiger partial charge in [0.1, 0.15) is 5.75 Å². The van der Waals surface area contributed by atoms with Gasteiger partial charge in [-0.1, -0.05) is 12.1 Å². The van der Waals surface area contributed by atoms with Crippen LogP contribution < -0.4 is 15.4 Å². The van der Waals surface area contributed by atoms with E-state index in [1.807, 2.05) is 52.0 Å². The smallest absolute Gasteiger partial charge is 0.234 e. The zero-order chi connectivity index (χ0) is 14.5. The Morgan fingerprint density at radius 2 is 2.05 bits per heavy atom. The number of carbonyl (C=O) groups excluding carboxylic acids is 1. The Morgan fingerprint density at radius 3 is 2.63 bits per heavy atom. The lowest BCUT2D eigenvalue weighted by molar-refractivity contribution is -0.121. The predicted molar refractivity (Wildman–Crippen MR) is 77.3 cm³/mol. The fourth-order valence-corrected chi connectivity index (χ4v) is 1.63. The molecule has 4 nitrogen and oxygen atoms in total. The molecule has 0 aliphatic rings. The summed E-state index contributed by atoms with van der Waals surface area (Å²) in [6, 6.07) is 7.68. The highest BCUT2D eigenvalue weighted by Gasteiger charge is 2.13. The third-order valence-corrected chi connectivity index (χ3v) is 2.75. The summed E-state index contributed by atoms with van der Waals surface area (Å²) >= 11 is 0. The van der Waals surface area contributed by atoms with Crippen LogP contribution in [0.5, 0.6) is 5.75 Å². The van der Waals surface area contributed by atoms with Gasteiger partial charge in [0.05, 0.1) is 19.7 Å². The van der Waals surface area contributed by atoms with Crippen LogP contribution in [0.3, 0.4) is 0 Å². The van der Waals surface area contributed by atoms with Gasteiger partial charge in [0, 0.05) is 5.54 Å². The highest BCUT2D eigenvalue weighted by Crippen LogP contribution is 2.18. The van der Waals surface area contributed by atoms with Crippen LogP contribution in [0.15, 0.2) is 24.3 Å². The summed E-state index contributed by atoms with van der Waals surface area (Å²) < 4.78 is 5.18. The molecule has 0 saturated heterocycles. The van der Waals surface area contributed by atoms with Crippen molar-refractivity contribution in [2.75, 3.05) is 13.7 Å². The van der Waals surface area contributed by atoms with E-state index in [2.05, 4.69) is 10.6 Å². The van der Waals surface area contributed by atoms with E-state index in [1.54, 1.807) is 7.11 Å². The van der Waals surface area contributed by atoms with Crippen molar-refractivity contribution in [1.82, 2.24) is 10.6 Å². The Kier molecular flexibility index (Phi) is 5.36. The Balaban J connectivity index is 2.54. The Hall–Kier alpha value is -1.55. The molecule has 1 amide bonds. The van der Waals surface area contributed by atoms with Crippen molar-refractivity contribution < 1.29 is 9.53 Å². The number of nitrogens with one attached hydrogen (secondary N) is 2. The second-order valence-corrected chi connectivity index (χ2v) is 5.67. The van der Waals surface area contributed by atoms with Crippen molar-refractivity contribution in [2.45, 2.75) is 39.3 Å². The fraction of sp³-hybridized carbons (Fsp3) is 0.533. The van der Waals surface area contributed by atoms with Gasteiger partial charge < -0.3 is 15.4 Å². The van der Waals surface area contributed by atoms with Gasteiger partial charge in [0.2, 0.25) is 5.91 Å². The maximum Gasteiger partial charge on any atom is 0.234 e. The van der Waals surface area contributed by atoms with Crippen LogP contribution in [-0.4, -0.2) is 25.1 Å². The van der Waals surface area contributed by atoms with Crippen molar-refractivity contribution in [3.05, 3.63) is 29.8 Å². The number of methoxy groups -OCH3 is 1. The van der Waals surface area contributed by atoms with E-state index in [9.17, 15) is 4.79 Å². The largest absolute Gasteiger partial charge is 0.497 e. The van der Waals surface area contributed by atoms with Gasteiger partial charge in [-0.15, -0.1) is 0 Å². The van der Waals surface area contributed by atoms with Crippen LogP contribution in [0.25, 0.3) is 0 Å². The van der Waals surface area contributed by atoms with Crippen LogP contribution in [0, 0.1) is 0 Å². The summed E-state index contributed by atoms with van der Waals surface area (Å²) in [5.74, 6) is 0.789. The van der Waals surface area contributed by atoms with Crippen molar-refractivity contribution in [3.63, 3.8) is 0 Å². The molecule has 1 rings (SSSR count). The van der Waals surface area contributed by atoms with E-state index < -0.39 is 0 Å². The molecule has 0 radical (unpaired) electrons. The van der Waals surface area contributed by atoms with Gasteiger partial charge in [-0.2, -0.15) is 0 Å². The first-order valence-electron chi connectivity index (χ1n) is 6.50. The van der Waals surface area contributed by atoms with Crippen molar-refractivity contribution in [2.24, 2.45) is 0 Å². The minimum Gasteiger partial charge on any atom is -0.497 e. The van der Waals surface area contributed by atoms with Gasteiger partial charge in [-0.3, -0.25) is 4.79 Å². The number of rotatable bonds is 5. The molecule has 1 aromatic carbocycles. The van der Waals surface area contributed by atoms with Gasteiger partial charge >= 0.3 is 0 Å². The Morgan fingerprint density at radius 1 is 1.37 bits per heavy atom. The minimum absolute atomic E-state index is 0.00903. The third kappa shape index (κ3) is 5.75. The van der Waals surface area contributed by atoms with Gasteiger partial charge in [0.15, 0.2) is 0 Å². The third-order valence-electron chi connectivity index (χ3n) is 2.75. The van der Waals surface area contributed by atoms with E-state index in [0.29, 0.717) is 6.54 Å². The number of hydrogen-bond donors (Lipinski definition) is 2. The highest BCUT2D eigenvalue weighted by molar-refractivity contribution is 5.78. The number of carbonyl (C=O) groups is 1. The van der Waals surface area contributed by atoms with E-state index >= 15 is 0 Å². The van der Waals surface area contributed by atoms with Gasteiger partial charge in [-0.05, 0) is 45.4 Å². The van der Waals surface area contributed by atoms with Crippen LogP contribution in [0.4, 0.5) is 0 Å². The molecule has 0 spiro atoms. The maximum atomic E-state index is 11.8. The molecular weight excluding hydrogens is 240 g/mol. The standard InChI is InChI=1S/C15H24N2O2/c1-11(12-7-6-8-13(9-12)19-5)17-14(18)10-16-15(2,3)4/h6-9,11,16H,10H2,1-5H3,(H,17,18)/t11-/m0/s1. The number of ether oxygens (including phenoxy) is 1. The average molecular weight is 264 g/mol. The van der Waals surface area contributed by atoms with Crippen LogP contribution in [0.2, 0.25) is 0 Å². The van der Waals surface area contributed by atoms with E-state index in [1.165, 1.54) is 0 Å². The molecule has 1 aromatic rings. The molecule has 2 N–H and O–H groups in total. The number of hydrogen-bond acceptors (Lipinski definition) is 3. The van der Waals surface area contributed by atoms with Crippen LogP contribution in [0.1, 0.15) is 39.3 Å². The summed E-state index contributed by atoms with van der Waals surface area (Å²) in [6.07, 6.45) is 0. The molecular formula is C15H24N2O2.